The van der Waals surface area contributed by atoms with Gasteiger partial charge in [-0.1, -0.05) is 0 Å². The number of rotatable bonds is 0. The summed E-state index contributed by atoms with van der Waals surface area (Å²) in [5.41, 5.74) is 2.11. The molecule has 2 heterocycles. The Morgan fingerprint density at radius 1 is 1.25 bits per heavy atom. The average molecular weight is 222 g/mol. The maximum absolute atomic E-state index is 13.7. The van der Waals surface area contributed by atoms with E-state index in [1.54, 1.807) is 0 Å². The first kappa shape index (κ1) is 9.78. The first-order valence-corrected chi connectivity index (χ1v) is 5.37. The van der Waals surface area contributed by atoms with E-state index in [0.717, 1.165) is 23.7 Å². The molecule has 0 saturated carbocycles. The standard InChI is InChI=1S/C12H12F2N2/c1-6-4-10-7(5-15-6)11-8(13)2-3-9(14)12(11)16-10/h2-3,6,15-16H,4-5H2,1H3/t6-/m1/s1. The van der Waals surface area contributed by atoms with E-state index in [1.807, 2.05) is 0 Å². The number of hydrogen-bond acceptors (Lipinski definition) is 1. The molecule has 1 aromatic heterocycles. The van der Waals surface area contributed by atoms with Gasteiger partial charge in [-0.3, -0.25) is 0 Å². The molecule has 2 nitrogen and oxygen atoms in total. The summed E-state index contributed by atoms with van der Waals surface area (Å²) in [4.78, 5) is 3.00. The van der Waals surface area contributed by atoms with Gasteiger partial charge in [0.25, 0.3) is 0 Å². The molecule has 1 aromatic carbocycles. The lowest BCUT2D eigenvalue weighted by atomic mass is 10.0. The Kier molecular flexibility index (Phi) is 2.01. The summed E-state index contributed by atoms with van der Waals surface area (Å²) in [6.45, 7) is 2.65. The van der Waals surface area contributed by atoms with Crippen LogP contribution in [0, 0.1) is 11.6 Å². The second-order valence-corrected chi connectivity index (χ2v) is 4.35. The fourth-order valence-corrected chi connectivity index (χ4v) is 2.37. The fourth-order valence-electron chi connectivity index (χ4n) is 2.37. The molecule has 4 heteroatoms. The minimum Gasteiger partial charge on any atom is -0.356 e. The second-order valence-electron chi connectivity index (χ2n) is 4.35. The Morgan fingerprint density at radius 3 is 2.81 bits per heavy atom. The minimum atomic E-state index is -0.390. The molecule has 0 radical (unpaired) electrons. The van der Waals surface area contributed by atoms with Gasteiger partial charge < -0.3 is 10.3 Å². The third-order valence-corrected chi connectivity index (χ3v) is 3.18. The summed E-state index contributed by atoms with van der Waals surface area (Å²) in [5, 5.41) is 3.65. The summed E-state index contributed by atoms with van der Waals surface area (Å²) >= 11 is 0. The maximum Gasteiger partial charge on any atom is 0.147 e. The quantitative estimate of drug-likeness (QED) is 0.704. The summed E-state index contributed by atoms with van der Waals surface area (Å²) in [6.07, 6.45) is 0.781. The fraction of sp³-hybridized carbons (Fsp3) is 0.333. The molecular formula is C12H12F2N2. The van der Waals surface area contributed by atoms with Crippen LogP contribution in [-0.2, 0) is 13.0 Å². The van der Waals surface area contributed by atoms with Gasteiger partial charge >= 0.3 is 0 Å². The number of H-pyrrole nitrogens is 1. The molecule has 0 aliphatic carbocycles. The van der Waals surface area contributed by atoms with E-state index in [-0.39, 0.29) is 5.82 Å². The average Bonchev–Trinajstić information content (AvgIpc) is 2.63. The van der Waals surface area contributed by atoms with Gasteiger partial charge in [0.05, 0.1) is 5.52 Å². The molecule has 0 amide bonds. The van der Waals surface area contributed by atoms with Gasteiger partial charge in [-0.05, 0) is 24.6 Å². The summed E-state index contributed by atoms with van der Waals surface area (Å²) in [5.74, 6) is -0.747. The van der Waals surface area contributed by atoms with Gasteiger partial charge in [0.1, 0.15) is 11.6 Å². The van der Waals surface area contributed by atoms with Crippen LogP contribution in [0.3, 0.4) is 0 Å². The Morgan fingerprint density at radius 2 is 2.00 bits per heavy atom. The van der Waals surface area contributed by atoms with E-state index in [4.69, 9.17) is 0 Å². The van der Waals surface area contributed by atoms with Gasteiger partial charge in [0.2, 0.25) is 0 Å². The Hall–Kier alpha value is -1.42. The van der Waals surface area contributed by atoms with Crippen LogP contribution < -0.4 is 5.32 Å². The molecule has 84 valence electrons. The van der Waals surface area contributed by atoms with Crippen LogP contribution in [0.25, 0.3) is 10.9 Å². The number of fused-ring (bicyclic) bond motifs is 3. The highest BCUT2D eigenvalue weighted by Gasteiger charge is 2.22. The van der Waals surface area contributed by atoms with Crippen molar-refractivity contribution in [1.29, 1.82) is 0 Å². The summed E-state index contributed by atoms with van der Waals surface area (Å²) in [7, 11) is 0. The van der Waals surface area contributed by atoms with Crippen LogP contribution in [0.1, 0.15) is 18.2 Å². The van der Waals surface area contributed by atoms with Gasteiger partial charge in [-0.2, -0.15) is 0 Å². The second kappa shape index (κ2) is 3.28. The third-order valence-electron chi connectivity index (χ3n) is 3.18. The van der Waals surface area contributed by atoms with Crippen LogP contribution in [0.5, 0.6) is 0 Å². The van der Waals surface area contributed by atoms with Crippen molar-refractivity contribution in [2.24, 2.45) is 0 Å². The van der Waals surface area contributed by atoms with E-state index in [1.165, 1.54) is 6.07 Å². The van der Waals surface area contributed by atoms with Crippen molar-refractivity contribution < 1.29 is 8.78 Å². The van der Waals surface area contributed by atoms with Crippen LogP contribution in [0.2, 0.25) is 0 Å². The number of benzene rings is 1. The lowest BCUT2D eigenvalue weighted by Crippen LogP contribution is -2.32. The topological polar surface area (TPSA) is 27.8 Å². The molecule has 0 saturated heterocycles. The monoisotopic (exact) mass is 222 g/mol. The molecule has 0 bridgehead atoms. The SMILES string of the molecule is C[C@@H]1Cc2[nH]c3c(F)ccc(F)c3c2CN1. The van der Waals surface area contributed by atoms with Crippen molar-refractivity contribution in [2.45, 2.75) is 25.9 Å². The molecule has 1 aliphatic rings. The largest absolute Gasteiger partial charge is 0.356 e. The van der Waals surface area contributed by atoms with Crippen molar-refractivity contribution in [2.75, 3.05) is 0 Å². The summed E-state index contributed by atoms with van der Waals surface area (Å²) in [6, 6.07) is 2.69. The van der Waals surface area contributed by atoms with E-state index < -0.39 is 5.82 Å². The van der Waals surface area contributed by atoms with Crippen molar-refractivity contribution in [3.05, 3.63) is 35.0 Å². The Labute approximate surface area is 91.7 Å². The van der Waals surface area contributed by atoms with E-state index in [9.17, 15) is 8.78 Å². The van der Waals surface area contributed by atoms with Crippen molar-refractivity contribution in [3.8, 4) is 0 Å². The van der Waals surface area contributed by atoms with Crippen molar-refractivity contribution in [1.82, 2.24) is 10.3 Å². The highest BCUT2D eigenvalue weighted by molar-refractivity contribution is 5.86. The molecule has 0 spiro atoms. The van der Waals surface area contributed by atoms with E-state index in [2.05, 4.69) is 17.2 Å². The highest BCUT2D eigenvalue weighted by atomic mass is 19.1. The van der Waals surface area contributed by atoms with Gasteiger partial charge in [-0.25, -0.2) is 8.78 Å². The number of hydrogen-bond donors (Lipinski definition) is 2. The molecule has 0 unspecified atom stereocenters. The molecular weight excluding hydrogens is 210 g/mol. The molecule has 1 aliphatic heterocycles. The van der Waals surface area contributed by atoms with Crippen LogP contribution in [0.4, 0.5) is 8.78 Å². The number of nitrogens with one attached hydrogen (secondary N) is 2. The zero-order valence-electron chi connectivity index (χ0n) is 8.90. The first-order chi connectivity index (χ1) is 7.66. The maximum atomic E-state index is 13.7. The highest BCUT2D eigenvalue weighted by Crippen LogP contribution is 2.29. The first-order valence-electron chi connectivity index (χ1n) is 5.37. The van der Waals surface area contributed by atoms with Crippen molar-refractivity contribution in [3.63, 3.8) is 0 Å². The Bertz CT molecular complexity index is 560. The lowest BCUT2D eigenvalue weighted by Gasteiger charge is -2.20. The third kappa shape index (κ3) is 1.26. The summed E-state index contributed by atoms with van der Waals surface area (Å²) < 4.78 is 27.2. The lowest BCUT2D eigenvalue weighted by molar-refractivity contribution is 0.510. The van der Waals surface area contributed by atoms with Crippen LogP contribution >= 0.6 is 0 Å². The number of aromatic nitrogens is 1. The zero-order chi connectivity index (χ0) is 11.3. The van der Waals surface area contributed by atoms with Gasteiger partial charge in [-0.15, -0.1) is 0 Å². The molecule has 16 heavy (non-hydrogen) atoms. The van der Waals surface area contributed by atoms with Gasteiger partial charge in [0.15, 0.2) is 0 Å². The van der Waals surface area contributed by atoms with Crippen molar-refractivity contribution >= 4 is 10.9 Å². The molecule has 0 fully saturated rings. The predicted molar refractivity (Wildman–Crippen MR) is 58.2 cm³/mol. The Balaban J connectivity index is 2.33. The predicted octanol–water partition coefficient (Wildman–Crippen LogP) is 2.48. The molecule has 1 atom stereocenters. The normalized spacial score (nSPS) is 20.1. The van der Waals surface area contributed by atoms with Crippen LogP contribution in [0.15, 0.2) is 12.1 Å². The molecule has 2 N–H and O–H groups in total. The molecule has 2 aromatic rings. The number of aromatic amines is 1. The zero-order valence-corrected chi connectivity index (χ0v) is 8.90. The van der Waals surface area contributed by atoms with Crippen LogP contribution in [-0.4, -0.2) is 11.0 Å². The number of halogens is 2. The minimum absolute atomic E-state index is 0.292. The molecule has 3 rings (SSSR count). The smallest absolute Gasteiger partial charge is 0.147 e. The van der Waals surface area contributed by atoms with E-state index >= 15 is 0 Å². The van der Waals surface area contributed by atoms with Gasteiger partial charge in [0, 0.05) is 30.1 Å². The van der Waals surface area contributed by atoms with E-state index in [0.29, 0.717) is 23.5 Å².